The number of hydrogen-bond acceptors (Lipinski definition) is 4. The molecule has 132 valence electrons. The Labute approximate surface area is 148 Å². The molecule has 2 aliphatic heterocycles. The van der Waals surface area contributed by atoms with Crippen molar-refractivity contribution in [3.05, 3.63) is 48.3 Å². The highest BCUT2D eigenvalue weighted by molar-refractivity contribution is 5.92. The third kappa shape index (κ3) is 3.54. The standard InChI is InChI=1S/C19H25N5O/c25-19(18-8-10-24(21-18)17-7-4-9-20-15-17)23-13-11-22(12-14-23)16-5-2-1-3-6-16/h1-3,5-6,8,10,17,20H,4,7,9,11-15H2. The van der Waals surface area contributed by atoms with E-state index >= 15 is 0 Å². The highest BCUT2D eigenvalue weighted by Crippen LogP contribution is 2.18. The lowest BCUT2D eigenvalue weighted by Crippen LogP contribution is -2.49. The van der Waals surface area contributed by atoms with Crippen LogP contribution in [0.25, 0.3) is 0 Å². The number of benzene rings is 1. The number of carbonyl (C=O) groups is 1. The lowest BCUT2D eigenvalue weighted by atomic mass is 10.1. The first kappa shape index (κ1) is 16.1. The highest BCUT2D eigenvalue weighted by atomic mass is 16.2. The molecule has 2 fully saturated rings. The van der Waals surface area contributed by atoms with Crippen LogP contribution < -0.4 is 10.2 Å². The molecule has 1 amide bonds. The Morgan fingerprint density at radius 3 is 2.60 bits per heavy atom. The Morgan fingerprint density at radius 1 is 1.08 bits per heavy atom. The number of para-hydroxylation sites is 1. The summed E-state index contributed by atoms with van der Waals surface area (Å²) in [4.78, 5) is 17.0. The Bertz CT molecular complexity index is 700. The van der Waals surface area contributed by atoms with Crippen LogP contribution >= 0.6 is 0 Å². The van der Waals surface area contributed by atoms with Gasteiger partial charge in [-0.05, 0) is 37.6 Å². The zero-order chi connectivity index (χ0) is 17.1. The molecule has 0 radical (unpaired) electrons. The van der Waals surface area contributed by atoms with Crippen LogP contribution in [0.2, 0.25) is 0 Å². The molecule has 0 bridgehead atoms. The van der Waals surface area contributed by atoms with Gasteiger partial charge in [0.25, 0.3) is 5.91 Å². The molecule has 1 aromatic heterocycles. The summed E-state index contributed by atoms with van der Waals surface area (Å²) in [5, 5.41) is 7.95. The lowest BCUT2D eigenvalue weighted by Gasteiger charge is -2.35. The van der Waals surface area contributed by atoms with E-state index in [2.05, 4.69) is 39.6 Å². The van der Waals surface area contributed by atoms with Crippen LogP contribution in [-0.2, 0) is 0 Å². The maximum absolute atomic E-state index is 12.8. The van der Waals surface area contributed by atoms with Gasteiger partial charge in [0.1, 0.15) is 5.69 Å². The monoisotopic (exact) mass is 339 g/mol. The summed E-state index contributed by atoms with van der Waals surface area (Å²) in [7, 11) is 0. The molecule has 0 saturated carbocycles. The van der Waals surface area contributed by atoms with E-state index in [1.54, 1.807) is 0 Å². The molecule has 0 spiro atoms. The minimum atomic E-state index is 0.0511. The van der Waals surface area contributed by atoms with E-state index in [0.29, 0.717) is 11.7 Å². The average molecular weight is 339 g/mol. The largest absolute Gasteiger partial charge is 0.368 e. The summed E-state index contributed by atoms with van der Waals surface area (Å²) in [6.07, 6.45) is 4.23. The first-order chi connectivity index (χ1) is 12.3. The number of aromatic nitrogens is 2. The van der Waals surface area contributed by atoms with E-state index in [9.17, 15) is 4.79 Å². The van der Waals surface area contributed by atoms with E-state index in [1.165, 1.54) is 5.69 Å². The second-order valence-corrected chi connectivity index (χ2v) is 6.80. The Hall–Kier alpha value is -2.34. The minimum absolute atomic E-state index is 0.0511. The summed E-state index contributed by atoms with van der Waals surface area (Å²) >= 11 is 0. The molecule has 2 saturated heterocycles. The van der Waals surface area contributed by atoms with Crippen LogP contribution in [0.4, 0.5) is 5.69 Å². The number of piperidine rings is 1. The number of nitrogens with one attached hydrogen (secondary N) is 1. The van der Waals surface area contributed by atoms with Crippen molar-refractivity contribution in [2.75, 3.05) is 44.2 Å². The molecular formula is C19H25N5O. The average Bonchev–Trinajstić information content (AvgIpc) is 3.19. The minimum Gasteiger partial charge on any atom is -0.368 e. The van der Waals surface area contributed by atoms with E-state index in [4.69, 9.17) is 0 Å². The molecule has 6 heteroatoms. The third-order valence-corrected chi connectivity index (χ3v) is 5.16. The Kier molecular flexibility index (Phi) is 4.70. The molecule has 2 aromatic rings. The second-order valence-electron chi connectivity index (χ2n) is 6.80. The molecule has 1 atom stereocenters. The first-order valence-corrected chi connectivity index (χ1v) is 9.16. The van der Waals surface area contributed by atoms with E-state index in [-0.39, 0.29) is 5.91 Å². The van der Waals surface area contributed by atoms with Crippen molar-refractivity contribution >= 4 is 11.6 Å². The van der Waals surface area contributed by atoms with Gasteiger partial charge in [0.2, 0.25) is 0 Å². The molecule has 4 rings (SSSR count). The molecule has 2 aliphatic rings. The molecule has 1 aromatic carbocycles. The molecule has 6 nitrogen and oxygen atoms in total. The number of carbonyl (C=O) groups excluding carboxylic acids is 1. The van der Waals surface area contributed by atoms with Crippen molar-refractivity contribution in [3.8, 4) is 0 Å². The predicted octanol–water partition coefficient (Wildman–Crippen LogP) is 1.77. The zero-order valence-electron chi connectivity index (χ0n) is 14.5. The highest BCUT2D eigenvalue weighted by Gasteiger charge is 2.25. The van der Waals surface area contributed by atoms with Crippen molar-refractivity contribution in [1.82, 2.24) is 20.0 Å². The van der Waals surface area contributed by atoms with Gasteiger partial charge in [-0.15, -0.1) is 0 Å². The SMILES string of the molecule is O=C(c1ccn(C2CCCNC2)n1)N1CCN(c2ccccc2)CC1. The van der Waals surface area contributed by atoms with Gasteiger partial charge in [-0.1, -0.05) is 18.2 Å². The van der Waals surface area contributed by atoms with Crippen LogP contribution in [0.3, 0.4) is 0 Å². The summed E-state index contributed by atoms with van der Waals surface area (Å²) < 4.78 is 1.96. The van der Waals surface area contributed by atoms with Gasteiger partial charge in [0, 0.05) is 44.6 Å². The van der Waals surface area contributed by atoms with Crippen LogP contribution in [-0.4, -0.2) is 59.9 Å². The van der Waals surface area contributed by atoms with E-state index in [1.807, 2.05) is 27.9 Å². The summed E-state index contributed by atoms with van der Waals surface area (Å²) in [5.41, 5.74) is 1.79. The number of rotatable bonds is 3. The number of piperazine rings is 1. The Balaban J connectivity index is 1.37. The topological polar surface area (TPSA) is 53.4 Å². The molecule has 1 unspecified atom stereocenters. The predicted molar refractivity (Wildman–Crippen MR) is 97.9 cm³/mol. The van der Waals surface area contributed by atoms with E-state index in [0.717, 1.165) is 52.1 Å². The number of anilines is 1. The van der Waals surface area contributed by atoms with Crippen LogP contribution in [0.5, 0.6) is 0 Å². The van der Waals surface area contributed by atoms with Crippen LogP contribution in [0, 0.1) is 0 Å². The smallest absolute Gasteiger partial charge is 0.274 e. The van der Waals surface area contributed by atoms with Gasteiger partial charge in [0.05, 0.1) is 6.04 Å². The van der Waals surface area contributed by atoms with Gasteiger partial charge in [0.15, 0.2) is 0 Å². The Morgan fingerprint density at radius 2 is 1.88 bits per heavy atom. The maximum Gasteiger partial charge on any atom is 0.274 e. The van der Waals surface area contributed by atoms with Crippen molar-refractivity contribution in [1.29, 1.82) is 0 Å². The molecule has 1 N–H and O–H groups in total. The second kappa shape index (κ2) is 7.27. The van der Waals surface area contributed by atoms with Gasteiger partial charge < -0.3 is 15.1 Å². The third-order valence-electron chi connectivity index (χ3n) is 5.16. The van der Waals surface area contributed by atoms with E-state index < -0.39 is 0 Å². The normalized spacial score (nSPS) is 21.4. The number of hydrogen-bond donors (Lipinski definition) is 1. The number of amides is 1. The fourth-order valence-electron chi connectivity index (χ4n) is 3.68. The summed E-state index contributed by atoms with van der Waals surface area (Å²) in [5.74, 6) is 0.0511. The molecule has 3 heterocycles. The summed E-state index contributed by atoms with van der Waals surface area (Å²) in [6.45, 7) is 5.23. The fraction of sp³-hybridized carbons (Fsp3) is 0.474. The van der Waals surface area contributed by atoms with Gasteiger partial charge >= 0.3 is 0 Å². The number of nitrogens with zero attached hydrogens (tertiary/aromatic N) is 4. The molecule has 25 heavy (non-hydrogen) atoms. The molecular weight excluding hydrogens is 314 g/mol. The van der Waals surface area contributed by atoms with Crippen molar-refractivity contribution in [3.63, 3.8) is 0 Å². The van der Waals surface area contributed by atoms with Crippen LogP contribution in [0.15, 0.2) is 42.6 Å². The quantitative estimate of drug-likeness (QED) is 0.926. The fourth-order valence-corrected chi connectivity index (χ4v) is 3.68. The summed E-state index contributed by atoms with van der Waals surface area (Å²) in [6, 6.07) is 12.6. The van der Waals surface area contributed by atoms with Crippen molar-refractivity contribution in [2.45, 2.75) is 18.9 Å². The first-order valence-electron chi connectivity index (χ1n) is 9.16. The molecule has 0 aliphatic carbocycles. The van der Waals surface area contributed by atoms with Gasteiger partial charge in [-0.3, -0.25) is 9.48 Å². The van der Waals surface area contributed by atoms with Crippen LogP contribution in [0.1, 0.15) is 29.4 Å². The van der Waals surface area contributed by atoms with Gasteiger partial charge in [-0.2, -0.15) is 5.10 Å². The van der Waals surface area contributed by atoms with Crippen molar-refractivity contribution < 1.29 is 4.79 Å². The zero-order valence-corrected chi connectivity index (χ0v) is 14.5. The lowest BCUT2D eigenvalue weighted by molar-refractivity contribution is 0.0739. The van der Waals surface area contributed by atoms with Crippen molar-refractivity contribution in [2.24, 2.45) is 0 Å². The maximum atomic E-state index is 12.8. The van der Waals surface area contributed by atoms with Gasteiger partial charge in [-0.25, -0.2) is 0 Å².